The first-order valence-corrected chi connectivity index (χ1v) is 11.8. The van der Waals surface area contributed by atoms with Gasteiger partial charge in [0.1, 0.15) is 5.75 Å². The van der Waals surface area contributed by atoms with Crippen LogP contribution in [0.3, 0.4) is 0 Å². The quantitative estimate of drug-likeness (QED) is 0.614. The summed E-state index contributed by atoms with van der Waals surface area (Å²) < 4.78 is 46.7. The second-order valence-electron chi connectivity index (χ2n) is 9.21. The number of nitrogens with two attached hydrogens (primary N) is 1. The molecular formula is C25H31F3N4O3. The molecule has 0 radical (unpaired) electrons. The fourth-order valence-corrected chi connectivity index (χ4v) is 4.66. The maximum atomic E-state index is 12.6. The van der Waals surface area contributed by atoms with Gasteiger partial charge in [0.25, 0.3) is 0 Å². The molecule has 1 saturated carbocycles. The van der Waals surface area contributed by atoms with Crippen LogP contribution < -0.4 is 15.4 Å². The summed E-state index contributed by atoms with van der Waals surface area (Å²) >= 11 is 0. The molecule has 1 atom stereocenters. The number of hydrogen-bond donors (Lipinski definition) is 1. The summed E-state index contributed by atoms with van der Waals surface area (Å²) in [7, 11) is 1.58. The molecule has 1 aliphatic heterocycles. The van der Waals surface area contributed by atoms with E-state index < -0.39 is 6.36 Å². The summed E-state index contributed by atoms with van der Waals surface area (Å²) in [4.78, 5) is 21.5. The van der Waals surface area contributed by atoms with Crippen LogP contribution in [0.2, 0.25) is 0 Å². The molecule has 1 aromatic heterocycles. The van der Waals surface area contributed by atoms with Gasteiger partial charge < -0.3 is 25.0 Å². The van der Waals surface area contributed by atoms with Gasteiger partial charge in [-0.25, -0.2) is 4.98 Å². The molecule has 1 aliphatic carbocycles. The number of nitrogen functional groups attached to an aromatic ring is 1. The van der Waals surface area contributed by atoms with E-state index in [4.69, 9.17) is 15.5 Å². The Bertz CT molecular complexity index is 1070. The van der Waals surface area contributed by atoms with Crippen LogP contribution in [0.5, 0.6) is 5.75 Å². The number of aromatic nitrogens is 1. The Balaban J connectivity index is 1.61. The molecule has 0 spiro atoms. The van der Waals surface area contributed by atoms with E-state index in [1.807, 2.05) is 18.7 Å². The number of rotatable bonds is 7. The number of carbonyl (C=O) groups excluding carboxylic acids is 1. The van der Waals surface area contributed by atoms with Gasteiger partial charge >= 0.3 is 6.36 Å². The van der Waals surface area contributed by atoms with Crippen molar-refractivity contribution in [2.24, 2.45) is 0 Å². The van der Waals surface area contributed by atoms with E-state index in [0.29, 0.717) is 50.1 Å². The third-order valence-electron chi connectivity index (χ3n) is 6.61. The average molecular weight is 493 g/mol. The fourth-order valence-electron chi connectivity index (χ4n) is 4.66. The van der Waals surface area contributed by atoms with E-state index >= 15 is 0 Å². The van der Waals surface area contributed by atoms with Gasteiger partial charge in [0.05, 0.1) is 24.4 Å². The lowest BCUT2D eigenvalue weighted by atomic mass is 9.95. The highest BCUT2D eigenvalue weighted by atomic mass is 19.4. The maximum absolute atomic E-state index is 12.6. The van der Waals surface area contributed by atoms with Crippen molar-refractivity contribution in [3.05, 3.63) is 35.5 Å². The van der Waals surface area contributed by atoms with Crippen LogP contribution in [0.15, 0.2) is 24.3 Å². The number of amides is 1. The van der Waals surface area contributed by atoms with E-state index in [-0.39, 0.29) is 17.7 Å². The number of piperazine rings is 1. The minimum absolute atomic E-state index is 0.000147. The fraction of sp³-hybridized carbons (Fsp3) is 0.520. The molecule has 190 valence electrons. The van der Waals surface area contributed by atoms with Gasteiger partial charge in [-0.2, -0.15) is 0 Å². The number of methoxy groups -OCH3 is 1. The van der Waals surface area contributed by atoms with Gasteiger partial charge in [0.15, 0.2) is 5.82 Å². The monoisotopic (exact) mass is 492 g/mol. The molecular weight excluding hydrogens is 461 g/mol. The van der Waals surface area contributed by atoms with Crippen molar-refractivity contribution < 1.29 is 27.4 Å². The smallest absolute Gasteiger partial charge is 0.406 e. The van der Waals surface area contributed by atoms with Crippen molar-refractivity contribution in [2.75, 3.05) is 44.0 Å². The van der Waals surface area contributed by atoms with Crippen LogP contribution in [0, 0.1) is 6.92 Å². The molecule has 2 heterocycles. The zero-order valence-electron chi connectivity index (χ0n) is 20.2. The normalized spacial score (nSPS) is 18.6. The Kier molecular flexibility index (Phi) is 7.12. The maximum Gasteiger partial charge on any atom is 0.573 e. The summed E-state index contributed by atoms with van der Waals surface area (Å²) in [5.41, 5.74) is 10.5. The predicted octanol–water partition coefficient (Wildman–Crippen LogP) is 4.49. The summed E-state index contributed by atoms with van der Waals surface area (Å²) in [6, 6.07) is 5.85. The van der Waals surface area contributed by atoms with E-state index in [2.05, 4.69) is 9.64 Å². The highest BCUT2D eigenvalue weighted by Crippen LogP contribution is 2.47. The molecule has 2 fully saturated rings. The Labute approximate surface area is 203 Å². The Morgan fingerprint density at radius 2 is 1.89 bits per heavy atom. The van der Waals surface area contributed by atoms with Crippen LogP contribution in [0.4, 0.5) is 24.7 Å². The number of benzene rings is 1. The molecule has 0 bridgehead atoms. The number of alkyl halides is 3. The number of pyridine rings is 1. The molecule has 4 rings (SSSR count). The summed E-state index contributed by atoms with van der Waals surface area (Å²) in [5, 5.41) is 0. The van der Waals surface area contributed by atoms with E-state index in [0.717, 1.165) is 35.2 Å². The van der Waals surface area contributed by atoms with Gasteiger partial charge in [-0.3, -0.25) is 4.79 Å². The second kappa shape index (κ2) is 9.93. The number of halogens is 3. The van der Waals surface area contributed by atoms with Crippen molar-refractivity contribution in [1.29, 1.82) is 0 Å². The van der Waals surface area contributed by atoms with Crippen LogP contribution in [-0.4, -0.2) is 61.5 Å². The van der Waals surface area contributed by atoms with Crippen LogP contribution in [0.25, 0.3) is 11.1 Å². The molecule has 0 unspecified atom stereocenters. The zero-order chi connectivity index (χ0) is 25.3. The molecule has 35 heavy (non-hydrogen) atoms. The third kappa shape index (κ3) is 5.63. The first-order chi connectivity index (χ1) is 16.6. The number of anilines is 2. The number of ether oxygens (including phenoxy) is 2. The highest BCUT2D eigenvalue weighted by molar-refractivity contribution is 5.82. The summed E-state index contributed by atoms with van der Waals surface area (Å²) in [6.07, 6.45) is -2.36. The van der Waals surface area contributed by atoms with Crippen molar-refractivity contribution in [3.63, 3.8) is 0 Å². The second-order valence-corrected chi connectivity index (χ2v) is 9.21. The minimum Gasteiger partial charge on any atom is -0.406 e. The standard InChI is InChI=1S/C25H31F3N4O3/c1-15-14-31(11-12-32(15)20(33)10-13-34-3)24-22(29)16(2)21(23(30-24)18-4-5-18)17-6-8-19(9-7-17)35-25(26,27)28/h6-9,15,18H,4-5,10-14,29H2,1-3H3/t15-/m1/s1. The largest absolute Gasteiger partial charge is 0.573 e. The van der Waals surface area contributed by atoms with Crippen LogP contribution in [-0.2, 0) is 9.53 Å². The Morgan fingerprint density at radius 3 is 2.46 bits per heavy atom. The number of hydrogen-bond acceptors (Lipinski definition) is 6. The van der Waals surface area contributed by atoms with Gasteiger partial charge in [-0.05, 0) is 49.9 Å². The molecule has 10 heteroatoms. The van der Waals surface area contributed by atoms with Gasteiger partial charge in [0.2, 0.25) is 5.91 Å². The number of nitrogens with zero attached hydrogens (tertiary/aromatic N) is 3. The predicted molar refractivity (Wildman–Crippen MR) is 127 cm³/mol. The highest BCUT2D eigenvalue weighted by Gasteiger charge is 2.34. The molecule has 2 aromatic rings. The lowest BCUT2D eigenvalue weighted by Gasteiger charge is -2.41. The molecule has 1 amide bonds. The summed E-state index contributed by atoms with van der Waals surface area (Å²) in [5.74, 6) is 0.809. The van der Waals surface area contributed by atoms with E-state index in [1.54, 1.807) is 19.2 Å². The van der Waals surface area contributed by atoms with Crippen molar-refractivity contribution in [1.82, 2.24) is 9.88 Å². The zero-order valence-corrected chi connectivity index (χ0v) is 20.2. The lowest BCUT2D eigenvalue weighted by Crippen LogP contribution is -2.54. The summed E-state index contributed by atoms with van der Waals surface area (Å²) in [6.45, 7) is 6.14. The van der Waals surface area contributed by atoms with Gasteiger partial charge in [-0.15, -0.1) is 13.2 Å². The molecule has 2 N–H and O–H groups in total. The van der Waals surface area contributed by atoms with Gasteiger partial charge in [0, 0.05) is 44.3 Å². The first kappa shape index (κ1) is 25.1. The SMILES string of the molecule is COCCC(=O)N1CCN(c2nc(C3CC3)c(-c3ccc(OC(F)(F)F)cc3)c(C)c2N)C[C@H]1C. The van der Waals surface area contributed by atoms with Crippen LogP contribution >= 0.6 is 0 Å². The number of carbonyl (C=O) groups is 1. The van der Waals surface area contributed by atoms with Crippen molar-refractivity contribution in [2.45, 2.75) is 51.4 Å². The lowest BCUT2D eigenvalue weighted by molar-refractivity contribution is -0.274. The minimum atomic E-state index is -4.74. The Hall–Kier alpha value is -3.01. The van der Waals surface area contributed by atoms with Gasteiger partial charge in [-0.1, -0.05) is 12.1 Å². The molecule has 1 aromatic carbocycles. The molecule has 2 aliphatic rings. The van der Waals surface area contributed by atoms with Crippen molar-refractivity contribution >= 4 is 17.4 Å². The molecule has 1 saturated heterocycles. The third-order valence-corrected chi connectivity index (χ3v) is 6.61. The topological polar surface area (TPSA) is 80.9 Å². The Morgan fingerprint density at radius 1 is 1.20 bits per heavy atom. The van der Waals surface area contributed by atoms with Crippen molar-refractivity contribution in [3.8, 4) is 16.9 Å². The van der Waals surface area contributed by atoms with E-state index in [1.165, 1.54) is 12.1 Å². The molecule has 7 nitrogen and oxygen atoms in total. The average Bonchev–Trinajstić information content (AvgIpc) is 3.64. The first-order valence-electron chi connectivity index (χ1n) is 11.8. The van der Waals surface area contributed by atoms with E-state index in [9.17, 15) is 18.0 Å². The van der Waals surface area contributed by atoms with Crippen LogP contribution in [0.1, 0.15) is 43.4 Å².